The van der Waals surface area contributed by atoms with E-state index in [9.17, 15) is 15.0 Å². The van der Waals surface area contributed by atoms with Gasteiger partial charge >= 0.3 is 0 Å². The lowest BCUT2D eigenvalue weighted by Gasteiger charge is -2.32. The van der Waals surface area contributed by atoms with Crippen LogP contribution in [0.4, 0.5) is 0 Å². The number of ketones is 1. The van der Waals surface area contributed by atoms with Crippen LogP contribution in [0, 0.1) is 11.8 Å². The Balaban J connectivity index is 1.66. The van der Waals surface area contributed by atoms with Gasteiger partial charge in [-0.1, -0.05) is 0 Å². The number of likely N-dealkylation sites (tertiary alicyclic amines) is 1. The number of rotatable bonds is 3. The number of hydrogen-bond donors (Lipinski definition) is 2. The number of Topliss-reactive ketones (excluding diaryl/α,β-unsaturated/α-hetero) is 1. The van der Waals surface area contributed by atoms with Crippen LogP contribution >= 0.6 is 0 Å². The number of carbonyl (C=O) groups is 1. The van der Waals surface area contributed by atoms with Crippen LogP contribution in [0.1, 0.15) is 35.8 Å². The molecule has 1 saturated carbocycles. The number of aromatic nitrogens is 1. The van der Waals surface area contributed by atoms with Crippen molar-refractivity contribution >= 4 is 5.78 Å². The molecule has 2 heterocycles. The average molecular weight is 292 g/mol. The van der Waals surface area contributed by atoms with Gasteiger partial charge in [0.25, 0.3) is 0 Å². The van der Waals surface area contributed by atoms with Crippen molar-refractivity contribution in [2.24, 2.45) is 18.9 Å². The van der Waals surface area contributed by atoms with Gasteiger partial charge in [-0.2, -0.15) is 0 Å². The summed E-state index contributed by atoms with van der Waals surface area (Å²) in [7, 11) is 1.97. The third-order valence-electron chi connectivity index (χ3n) is 5.08. The Bertz CT molecular complexity index is 522. The second-order valence-corrected chi connectivity index (χ2v) is 6.71. The molecule has 2 aliphatic rings. The molecule has 5 nitrogen and oxygen atoms in total. The van der Waals surface area contributed by atoms with Crippen molar-refractivity contribution in [1.29, 1.82) is 0 Å². The van der Waals surface area contributed by atoms with Gasteiger partial charge in [0.1, 0.15) is 0 Å². The Kier molecular flexibility index (Phi) is 3.90. The minimum absolute atomic E-state index is 0.0955. The largest absolute Gasteiger partial charge is 0.390 e. The van der Waals surface area contributed by atoms with Crippen LogP contribution < -0.4 is 0 Å². The van der Waals surface area contributed by atoms with Crippen molar-refractivity contribution in [1.82, 2.24) is 9.47 Å². The highest BCUT2D eigenvalue weighted by atomic mass is 16.3. The van der Waals surface area contributed by atoms with Gasteiger partial charge in [0.2, 0.25) is 0 Å². The zero-order valence-electron chi connectivity index (χ0n) is 12.7. The van der Waals surface area contributed by atoms with E-state index in [2.05, 4.69) is 4.90 Å². The van der Waals surface area contributed by atoms with Crippen molar-refractivity contribution in [3.05, 3.63) is 23.5 Å². The van der Waals surface area contributed by atoms with Gasteiger partial charge in [0.15, 0.2) is 5.78 Å². The monoisotopic (exact) mass is 292 g/mol. The highest BCUT2D eigenvalue weighted by molar-refractivity contribution is 5.94. The maximum atomic E-state index is 11.4. The fourth-order valence-electron chi connectivity index (χ4n) is 3.82. The van der Waals surface area contributed by atoms with Gasteiger partial charge in [-0.15, -0.1) is 0 Å². The maximum absolute atomic E-state index is 11.4. The first kappa shape index (κ1) is 14.8. The van der Waals surface area contributed by atoms with E-state index in [-0.39, 0.29) is 5.78 Å². The molecule has 1 aromatic heterocycles. The minimum Gasteiger partial charge on any atom is -0.390 e. The molecule has 0 bridgehead atoms. The molecule has 2 fully saturated rings. The minimum atomic E-state index is -0.564. The molecule has 2 N–H and O–H groups in total. The highest BCUT2D eigenvalue weighted by Crippen LogP contribution is 2.37. The van der Waals surface area contributed by atoms with E-state index >= 15 is 0 Å². The van der Waals surface area contributed by atoms with Crippen molar-refractivity contribution in [2.45, 2.75) is 38.5 Å². The quantitative estimate of drug-likeness (QED) is 0.809. The van der Waals surface area contributed by atoms with E-state index in [1.165, 1.54) is 0 Å². The lowest BCUT2D eigenvalue weighted by Crippen LogP contribution is -2.38. The van der Waals surface area contributed by atoms with Gasteiger partial charge in [0, 0.05) is 44.1 Å². The van der Waals surface area contributed by atoms with Gasteiger partial charge in [-0.05, 0) is 37.7 Å². The van der Waals surface area contributed by atoms with E-state index in [1.807, 2.05) is 23.9 Å². The molecule has 1 aromatic rings. The number of carbonyl (C=O) groups excluding carboxylic acids is 1. The first-order chi connectivity index (χ1) is 9.94. The number of nitrogens with zero attached hydrogens (tertiary/aromatic N) is 2. The third-order valence-corrected chi connectivity index (χ3v) is 5.08. The summed E-state index contributed by atoms with van der Waals surface area (Å²) >= 11 is 0. The van der Waals surface area contributed by atoms with Crippen molar-refractivity contribution < 1.29 is 15.0 Å². The van der Waals surface area contributed by atoms with Crippen LogP contribution in [-0.4, -0.2) is 50.8 Å². The number of aliphatic hydroxyl groups is 2. The van der Waals surface area contributed by atoms with Crippen LogP contribution in [0.25, 0.3) is 0 Å². The van der Waals surface area contributed by atoms with E-state index in [1.54, 1.807) is 6.92 Å². The van der Waals surface area contributed by atoms with Crippen LogP contribution in [0.15, 0.2) is 12.3 Å². The zero-order chi connectivity index (χ0) is 15.1. The SMILES string of the molecule is CC(=O)c1cc(CN2CC3CC(O)C(O)CC3C2)n(C)c1. The Labute approximate surface area is 125 Å². The molecule has 4 unspecified atom stereocenters. The van der Waals surface area contributed by atoms with Crippen LogP contribution in [0.2, 0.25) is 0 Å². The molecule has 0 radical (unpaired) electrons. The van der Waals surface area contributed by atoms with Crippen LogP contribution in [-0.2, 0) is 13.6 Å². The summed E-state index contributed by atoms with van der Waals surface area (Å²) in [6, 6.07) is 1.97. The lowest BCUT2D eigenvalue weighted by molar-refractivity contribution is -0.0372. The van der Waals surface area contributed by atoms with Gasteiger partial charge in [-0.25, -0.2) is 0 Å². The average Bonchev–Trinajstić information content (AvgIpc) is 2.95. The Morgan fingerprint density at radius 2 is 1.81 bits per heavy atom. The van der Waals surface area contributed by atoms with Gasteiger partial charge in [-0.3, -0.25) is 9.69 Å². The topological polar surface area (TPSA) is 65.7 Å². The van der Waals surface area contributed by atoms with Crippen LogP contribution in [0.5, 0.6) is 0 Å². The molecule has 0 amide bonds. The van der Waals surface area contributed by atoms with E-state index in [4.69, 9.17) is 0 Å². The Morgan fingerprint density at radius 3 is 2.29 bits per heavy atom. The lowest BCUT2D eigenvalue weighted by atomic mass is 9.79. The molecular weight excluding hydrogens is 268 g/mol. The van der Waals surface area contributed by atoms with Gasteiger partial charge < -0.3 is 14.8 Å². The standard InChI is InChI=1S/C16H24N2O3/c1-10(19)11-3-14(17(2)6-11)9-18-7-12-4-15(20)16(21)5-13(12)8-18/h3,6,12-13,15-16,20-21H,4-5,7-9H2,1-2H3. The van der Waals surface area contributed by atoms with Crippen LogP contribution in [0.3, 0.4) is 0 Å². The normalized spacial score (nSPS) is 33.1. The predicted octanol–water partition coefficient (Wildman–Crippen LogP) is 0.791. The molecule has 1 aliphatic carbocycles. The summed E-state index contributed by atoms with van der Waals surface area (Å²) in [4.78, 5) is 13.8. The first-order valence-electron chi connectivity index (χ1n) is 7.68. The van der Waals surface area contributed by atoms with E-state index in [0.29, 0.717) is 24.7 Å². The Morgan fingerprint density at radius 1 is 1.24 bits per heavy atom. The number of aryl methyl sites for hydroxylation is 1. The summed E-state index contributed by atoms with van der Waals surface area (Å²) in [6.07, 6.45) is 2.16. The molecule has 1 saturated heterocycles. The molecule has 3 rings (SSSR count). The number of fused-ring (bicyclic) bond motifs is 1. The fourth-order valence-corrected chi connectivity index (χ4v) is 3.82. The molecule has 1 aliphatic heterocycles. The summed E-state index contributed by atoms with van der Waals surface area (Å²) < 4.78 is 2.02. The smallest absolute Gasteiger partial charge is 0.161 e. The summed E-state index contributed by atoms with van der Waals surface area (Å²) in [6.45, 7) is 4.35. The third kappa shape index (κ3) is 2.91. The maximum Gasteiger partial charge on any atom is 0.161 e. The second-order valence-electron chi connectivity index (χ2n) is 6.71. The summed E-state index contributed by atoms with van der Waals surface area (Å²) in [5, 5.41) is 19.6. The van der Waals surface area contributed by atoms with Crippen molar-refractivity contribution in [2.75, 3.05) is 13.1 Å². The van der Waals surface area contributed by atoms with Gasteiger partial charge in [0.05, 0.1) is 12.2 Å². The Hall–Kier alpha value is -1.17. The summed E-state index contributed by atoms with van der Waals surface area (Å²) in [5.74, 6) is 1.06. The zero-order valence-corrected chi connectivity index (χ0v) is 12.7. The molecule has 116 valence electrons. The second kappa shape index (κ2) is 5.55. The highest BCUT2D eigenvalue weighted by Gasteiger charge is 2.41. The van der Waals surface area contributed by atoms with Crippen molar-refractivity contribution in [3.63, 3.8) is 0 Å². The summed E-state index contributed by atoms with van der Waals surface area (Å²) in [5.41, 5.74) is 1.90. The molecule has 21 heavy (non-hydrogen) atoms. The van der Waals surface area contributed by atoms with E-state index in [0.717, 1.165) is 30.9 Å². The molecule has 5 heteroatoms. The first-order valence-corrected chi connectivity index (χ1v) is 7.68. The number of hydrogen-bond acceptors (Lipinski definition) is 4. The molecule has 0 aromatic carbocycles. The van der Waals surface area contributed by atoms with E-state index < -0.39 is 12.2 Å². The predicted molar refractivity (Wildman–Crippen MR) is 78.9 cm³/mol. The number of aliphatic hydroxyl groups excluding tert-OH is 2. The molecular formula is C16H24N2O3. The fraction of sp³-hybridized carbons (Fsp3) is 0.688. The molecule has 0 spiro atoms. The molecule has 4 atom stereocenters. The van der Waals surface area contributed by atoms with Crippen molar-refractivity contribution in [3.8, 4) is 0 Å².